The van der Waals surface area contributed by atoms with Gasteiger partial charge in [0.05, 0.1) is 12.1 Å². The van der Waals surface area contributed by atoms with Crippen LogP contribution in [0.4, 0.5) is 5.82 Å². The standard InChI is InChI=1S/C25H36N2OSi/c1-19(2)23-21-15-11-12-16-22(21)27(20-13-9-8-10-14-20)24(23)26-17-18-28-29(6,7)25(3,4)5/h8-16,19,26H,17-18H2,1-7H3. The van der Waals surface area contributed by atoms with Crippen molar-refractivity contribution < 1.29 is 4.43 Å². The molecule has 0 aliphatic rings. The van der Waals surface area contributed by atoms with Crippen LogP contribution in [0.5, 0.6) is 0 Å². The summed E-state index contributed by atoms with van der Waals surface area (Å²) in [6.45, 7) is 17.6. The summed E-state index contributed by atoms with van der Waals surface area (Å²) < 4.78 is 8.76. The zero-order chi connectivity index (χ0) is 21.2. The zero-order valence-electron chi connectivity index (χ0n) is 19.0. The van der Waals surface area contributed by atoms with E-state index in [9.17, 15) is 0 Å². The van der Waals surface area contributed by atoms with Crippen LogP contribution in [0.15, 0.2) is 54.6 Å². The molecule has 3 aromatic rings. The van der Waals surface area contributed by atoms with E-state index in [1.165, 1.54) is 28.0 Å². The van der Waals surface area contributed by atoms with Gasteiger partial charge in [0.1, 0.15) is 5.82 Å². The quantitative estimate of drug-likeness (QED) is 0.331. The van der Waals surface area contributed by atoms with Crippen molar-refractivity contribution in [1.82, 2.24) is 4.57 Å². The Morgan fingerprint density at radius 2 is 1.59 bits per heavy atom. The molecule has 2 aromatic carbocycles. The molecular formula is C25H36N2OSi. The molecule has 0 saturated heterocycles. The maximum Gasteiger partial charge on any atom is 0.192 e. The number of fused-ring (bicyclic) bond motifs is 1. The van der Waals surface area contributed by atoms with Crippen molar-refractivity contribution in [2.24, 2.45) is 0 Å². The van der Waals surface area contributed by atoms with E-state index in [0.29, 0.717) is 5.92 Å². The molecule has 1 heterocycles. The number of nitrogens with one attached hydrogen (secondary N) is 1. The molecule has 3 nitrogen and oxygen atoms in total. The first-order valence-corrected chi connectivity index (χ1v) is 13.6. The minimum Gasteiger partial charge on any atom is -0.415 e. The molecule has 1 N–H and O–H groups in total. The number of hydrogen-bond acceptors (Lipinski definition) is 2. The van der Waals surface area contributed by atoms with Gasteiger partial charge in [-0.1, -0.05) is 71.0 Å². The van der Waals surface area contributed by atoms with Crippen LogP contribution in [-0.4, -0.2) is 26.0 Å². The van der Waals surface area contributed by atoms with E-state index in [1.807, 2.05) is 0 Å². The van der Waals surface area contributed by atoms with Gasteiger partial charge in [-0.25, -0.2) is 0 Å². The second-order valence-electron chi connectivity index (χ2n) is 9.64. The Kier molecular flexibility index (Phi) is 6.25. The molecule has 156 valence electrons. The van der Waals surface area contributed by atoms with Crippen LogP contribution in [-0.2, 0) is 4.43 Å². The van der Waals surface area contributed by atoms with Gasteiger partial charge in [0, 0.05) is 23.2 Å². The number of para-hydroxylation sites is 2. The van der Waals surface area contributed by atoms with Gasteiger partial charge in [-0.3, -0.25) is 4.57 Å². The molecule has 29 heavy (non-hydrogen) atoms. The average Bonchev–Trinajstić information content (AvgIpc) is 2.99. The Balaban J connectivity index is 1.95. The minimum absolute atomic E-state index is 0.231. The molecule has 0 spiro atoms. The lowest BCUT2D eigenvalue weighted by Gasteiger charge is -2.36. The molecule has 0 aliphatic carbocycles. The molecule has 0 unspecified atom stereocenters. The molecular weight excluding hydrogens is 372 g/mol. The summed E-state index contributed by atoms with van der Waals surface area (Å²) in [6.07, 6.45) is 0. The summed E-state index contributed by atoms with van der Waals surface area (Å²) >= 11 is 0. The van der Waals surface area contributed by atoms with Gasteiger partial charge >= 0.3 is 0 Å². The van der Waals surface area contributed by atoms with E-state index in [1.54, 1.807) is 0 Å². The predicted molar refractivity (Wildman–Crippen MR) is 129 cm³/mol. The van der Waals surface area contributed by atoms with Gasteiger partial charge in [0.25, 0.3) is 0 Å². The smallest absolute Gasteiger partial charge is 0.192 e. The highest BCUT2D eigenvalue weighted by Crippen LogP contribution is 2.38. The lowest BCUT2D eigenvalue weighted by Crippen LogP contribution is -2.41. The van der Waals surface area contributed by atoms with Crippen molar-refractivity contribution >= 4 is 25.0 Å². The Labute approximate surface area is 177 Å². The molecule has 3 rings (SSSR count). The highest BCUT2D eigenvalue weighted by molar-refractivity contribution is 6.74. The van der Waals surface area contributed by atoms with Crippen LogP contribution in [0.25, 0.3) is 16.6 Å². The molecule has 4 heteroatoms. The number of nitrogens with zero attached hydrogens (tertiary/aromatic N) is 1. The van der Waals surface area contributed by atoms with Gasteiger partial charge in [-0.15, -0.1) is 0 Å². The van der Waals surface area contributed by atoms with Gasteiger partial charge in [0.2, 0.25) is 0 Å². The number of hydrogen-bond donors (Lipinski definition) is 1. The monoisotopic (exact) mass is 408 g/mol. The van der Waals surface area contributed by atoms with Gasteiger partial charge in [0.15, 0.2) is 8.32 Å². The fourth-order valence-corrected chi connectivity index (χ4v) is 4.61. The molecule has 0 bridgehead atoms. The fourth-order valence-electron chi connectivity index (χ4n) is 3.56. The molecule has 0 fully saturated rings. The van der Waals surface area contributed by atoms with Crippen LogP contribution in [0, 0.1) is 0 Å². The van der Waals surface area contributed by atoms with Crippen molar-refractivity contribution in [2.75, 3.05) is 18.5 Å². The Morgan fingerprint density at radius 3 is 2.21 bits per heavy atom. The van der Waals surface area contributed by atoms with Crippen LogP contribution in [0.3, 0.4) is 0 Å². The molecule has 0 saturated carbocycles. The lowest BCUT2D eigenvalue weighted by atomic mass is 10.0. The maximum absolute atomic E-state index is 6.40. The van der Waals surface area contributed by atoms with Gasteiger partial charge in [-0.05, 0) is 42.2 Å². The summed E-state index contributed by atoms with van der Waals surface area (Å²) in [5, 5.41) is 5.29. The molecule has 0 atom stereocenters. The average molecular weight is 409 g/mol. The number of rotatable bonds is 7. The summed E-state index contributed by atoms with van der Waals surface area (Å²) in [6, 6.07) is 19.3. The first-order valence-electron chi connectivity index (χ1n) is 10.7. The van der Waals surface area contributed by atoms with E-state index < -0.39 is 8.32 Å². The molecule has 0 amide bonds. The summed E-state index contributed by atoms with van der Waals surface area (Å²) in [7, 11) is -1.73. The number of benzene rings is 2. The van der Waals surface area contributed by atoms with E-state index >= 15 is 0 Å². The van der Waals surface area contributed by atoms with Crippen LogP contribution in [0.1, 0.15) is 46.1 Å². The van der Waals surface area contributed by atoms with Crippen molar-refractivity contribution in [3.63, 3.8) is 0 Å². The van der Waals surface area contributed by atoms with Crippen molar-refractivity contribution in [1.29, 1.82) is 0 Å². The van der Waals surface area contributed by atoms with E-state index in [0.717, 1.165) is 13.2 Å². The lowest BCUT2D eigenvalue weighted by molar-refractivity contribution is 0.301. The van der Waals surface area contributed by atoms with Crippen molar-refractivity contribution in [3.8, 4) is 5.69 Å². The number of aromatic nitrogens is 1. The highest BCUT2D eigenvalue weighted by Gasteiger charge is 2.36. The van der Waals surface area contributed by atoms with E-state index in [2.05, 4.69) is 112 Å². The first-order chi connectivity index (χ1) is 13.6. The Hall–Kier alpha value is -2.04. The predicted octanol–water partition coefficient (Wildman–Crippen LogP) is 7.19. The highest BCUT2D eigenvalue weighted by atomic mass is 28.4. The number of anilines is 1. The normalized spacial score (nSPS) is 12.7. The molecule has 0 radical (unpaired) electrons. The second kappa shape index (κ2) is 8.37. The van der Waals surface area contributed by atoms with Crippen molar-refractivity contribution in [2.45, 2.75) is 58.7 Å². The summed E-state index contributed by atoms with van der Waals surface area (Å²) in [5.41, 5.74) is 3.80. The largest absolute Gasteiger partial charge is 0.415 e. The topological polar surface area (TPSA) is 26.2 Å². The van der Waals surface area contributed by atoms with Crippen LogP contribution < -0.4 is 5.32 Å². The van der Waals surface area contributed by atoms with Crippen molar-refractivity contribution in [3.05, 3.63) is 60.2 Å². The first kappa shape index (κ1) is 21.7. The maximum atomic E-state index is 6.40. The molecule has 1 aromatic heterocycles. The Bertz CT molecular complexity index is 952. The second-order valence-corrected chi connectivity index (χ2v) is 14.4. The minimum atomic E-state index is -1.73. The van der Waals surface area contributed by atoms with E-state index in [-0.39, 0.29) is 5.04 Å². The summed E-state index contributed by atoms with van der Waals surface area (Å²) in [4.78, 5) is 0. The SMILES string of the molecule is CC(C)c1c(NCCO[Si](C)(C)C(C)(C)C)n(-c2ccccc2)c2ccccc12. The summed E-state index contributed by atoms with van der Waals surface area (Å²) in [5.74, 6) is 1.61. The third-order valence-corrected chi connectivity index (χ3v) is 10.7. The van der Waals surface area contributed by atoms with Crippen LogP contribution in [0.2, 0.25) is 18.1 Å². The van der Waals surface area contributed by atoms with Gasteiger partial charge < -0.3 is 9.74 Å². The Morgan fingerprint density at radius 1 is 0.966 bits per heavy atom. The van der Waals surface area contributed by atoms with Crippen LogP contribution >= 0.6 is 0 Å². The van der Waals surface area contributed by atoms with E-state index in [4.69, 9.17) is 4.43 Å². The third kappa shape index (κ3) is 4.44. The zero-order valence-corrected chi connectivity index (χ0v) is 20.0. The third-order valence-electron chi connectivity index (χ3n) is 6.17. The molecule has 0 aliphatic heterocycles. The fraction of sp³-hybridized carbons (Fsp3) is 0.440. The van der Waals surface area contributed by atoms with Gasteiger partial charge in [-0.2, -0.15) is 0 Å².